The highest BCUT2D eigenvalue weighted by Gasteiger charge is 2.31. The second kappa shape index (κ2) is 6.51. The third-order valence-corrected chi connectivity index (χ3v) is 6.19. The fourth-order valence-corrected chi connectivity index (χ4v) is 5.00. The summed E-state index contributed by atoms with van der Waals surface area (Å²) in [5.41, 5.74) is 1.46. The molecule has 5 nitrogen and oxygen atoms in total. The lowest BCUT2D eigenvalue weighted by atomic mass is 9.98. The summed E-state index contributed by atoms with van der Waals surface area (Å²) in [6.07, 6.45) is 2.16. The maximum absolute atomic E-state index is 4.25. The van der Waals surface area contributed by atoms with E-state index in [-0.39, 0.29) is 0 Å². The second-order valence-corrected chi connectivity index (χ2v) is 7.74. The lowest BCUT2D eigenvalue weighted by Crippen LogP contribution is -2.35. The molecule has 0 saturated heterocycles. The van der Waals surface area contributed by atoms with E-state index in [9.17, 15) is 0 Å². The van der Waals surface area contributed by atoms with Gasteiger partial charge in [-0.2, -0.15) is 0 Å². The van der Waals surface area contributed by atoms with E-state index < -0.39 is 0 Å². The van der Waals surface area contributed by atoms with Gasteiger partial charge in [-0.15, -0.1) is 27.8 Å². The SMILES string of the molecule is CCCn1nnnc1CN1CCc2sccc2C1c1cccs1. The molecule has 0 radical (unpaired) electrons. The van der Waals surface area contributed by atoms with E-state index >= 15 is 0 Å². The van der Waals surface area contributed by atoms with Gasteiger partial charge in [0.2, 0.25) is 0 Å². The summed E-state index contributed by atoms with van der Waals surface area (Å²) >= 11 is 3.71. The fourth-order valence-electron chi connectivity index (χ4n) is 3.22. The van der Waals surface area contributed by atoms with Crippen LogP contribution in [-0.4, -0.2) is 31.7 Å². The molecule has 23 heavy (non-hydrogen) atoms. The molecule has 1 unspecified atom stereocenters. The summed E-state index contributed by atoms with van der Waals surface area (Å²) < 4.78 is 1.94. The molecule has 7 heteroatoms. The van der Waals surface area contributed by atoms with Crippen molar-refractivity contribution < 1.29 is 0 Å². The minimum Gasteiger partial charge on any atom is -0.284 e. The molecular weight excluding hydrogens is 326 g/mol. The Kier molecular flexibility index (Phi) is 4.24. The molecule has 3 aromatic rings. The van der Waals surface area contributed by atoms with Crippen molar-refractivity contribution >= 4 is 22.7 Å². The van der Waals surface area contributed by atoms with E-state index in [1.807, 2.05) is 27.4 Å². The molecule has 1 aliphatic rings. The Morgan fingerprint density at radius 3 is 3.04 bits per heavy atom. The molecule has 120 valence electrons. The number of fused-ring (bicyclic) bond motifs is 1. The maximum atomic E-state index is 4.25. The van der Waals surface area contributed by atoms with Crippen LogP contribution in [0.1, 0.15) is 40.5 Å². The van der Waals surface area contributed by atoms with Gasteiger partial charge in [0.05, 0.1) is 12.6 Å². The van der Waals surface area contributed by atoms with Crippen molar-refractivity contribution in [1.82, 2.24) is 25.1 Å². The van der Waals surface area contributed by atoms with Gasteiger partial charge in [0.25, 0.3) is 0 Å². The molecule has 0 spiro atoms. The zero-order valence-corrected chi connectivity index (χ0v) is 14.7. The standard InChI is InChI=1S/C16H19N5S2/c1-2-7-21-15(17-18-19-21)11-20-8-5-13-12(6-10-23-13)16(20)14-4-3-9-22-14/h3-4,6,9-10,16H,2,5,7-8,11H2,1H3. The Hall–Kier alpha value is -1.57. The summed E-state index contributed by atoms with van der Waals surface area (Å²) in [6.45, 7) is 4.88. The summed E-state index contributed by atoms with van der Waals surface area (Å²) in [5.74, 6) is 0.965. The minimum absolute atomic E-state index is 0.330. The zero-order chi connectivity index (χ0) is 15.6. The van der Waals surface area contributed by atoms with Crippen molar-refractivity contribution in [2.45, 2.75) is 38.9 Å². The van der Waals surface area contributed by atoms with Gasteiger partial charge in [0.1, 0.15) is 0 Å². The third kappa shape index (κ3) is 2.84. The lowest BCUT2D eigenvalue weighted by molar-refractivity contribution is 0.199. The van der Waals surface area contributed by atoms with Gasteiger partial charge < -0.3 is 0 Å². The van der Waals surface area contributed by atoms with Crippen molar-refractivity contribution in [3.05, 3.63) is 50.1 Å². The van der Waals surface area contributed by atoms with Gasteiger partial charge in [-0.1, -0.05) is 13.0 Å². The van der Waals surface area contributed by atoms with Crippen molar-refractivity contribution in [3.8, 4) is 0 Å². The average molecular weight is 345 g/mol. The smallest absolute Gasteiger partial charge is 0.165 e. The molecule has 0 aliphatic carbocycles. The van der Waals surface area contributed by atoms with Crippen LogP contribution in [0.4, 0.5) is 0 Å². The molecule has 4 rings (SSSR count). The summed E-state index contributed by atoms with van der Waals surface area (Å²) in [6, 6.07) is 6.99. The predicted octanol–water partition coefficient (Wildman–Crippen LogP) is 3.35. The minimum atomic E-state index is 0.330. The number of tetrazole rings is 1. The van der Waals surface area contributed by atoms with Gasteiger partial charge in [-0.05, 0) is 51.7 Å². The van der Waals surface area contributed by atoms with Crippen LogP contribution < -0.4 is 0 Å². The Morgan fingerprint density at radius 1 is 1.26 bits per heavy atom. The molecule has 0 N–H and O–H groups in total. The molecule has 0 saturated carbocycles. The van der Waals surface area contributed by atoms with Crippen molar-refractivity contribution in [2.24, 2.45) is 0 Å². The number of hydrogen-bond donors (Lipinski definition) is 0. The van der Waals surface area contributed by atoms with Crippen LogP contribution in [0, 0.1) is 0 Å². The molecule has 0 amide bonds. The molecule has 0 aromatic carbocycles. The van der Waals surface area contributed by atoms with Gasteiger partial charge in [-0.3, -0.25) is 4.90 Å². The van der Waals surface area contributed by atoms with Gasteiger partial charge in [-0.25, -0.2) is 4.68 Å². The Morgan fingerprint density at radius 2 is 2.22 bits per heavy atom. The molecule has 4 heterocycles. The van der Waals surface area contributed by atoms with E-state index in [1.165, 1.54) is 15.3 Å². The summed E-state index contributed by atoms with van der Waals surface area (Å²) in [7, 11) is 0. The van der Waals surface area contributed by atoms with Gasteiger partial charge >= 0.3 is 0 Å². The molecular formula is C16H19N5S2. The quantitative estimate of drug-likeness (QED) is 0.711. The average Bonchev–Trinajstić information content (AvgIpc) is 3.29. The summed E-state index contributed by atoms with van der Waals surface area (Å²) in [5, 5.41) is 16.6. The predicted molar refractivity (Wildman–Crippen MR) is 92.7 cm³/mol. The summed E-state index contributed by atoms with van der Waals surface area (Å²) in [4.78, 5) is 5.44. The highest BCUT2D eigenvalue weighted by molar-refractivity contribution is 7.10. The normalized spacial score (nSPS) is 18.2. The topological polar surface area (TPSA) is 46.8 Å². The molecule has 0 bridgehead atoms. The number of nitrogens with zero attached hydrogens (tertiary/aromatic N) is 5. The third-order valence-electron chi connectivity index (χ3n) is 4.26. The van der Waals surface area contributed by atoms with Crippen molar-refractivity contribution in [3.63, 3.8) is 0 Å². The van der Waals surface area contributed by atoms with Crippen LogP contribution in [0.2, 0.25) is 0 Å². The van der Waals surface area contributed by atoms with E-state index in [1.54, 1.807) is 0 Å². The highest BCUT2D eigenvalue weighted by atomic mass is 32.1. The van der Waals surface area contributed by atoms with Crippen molar-refractivity contribution in [1.29, 1.82) is 0 Å². The molecule has 1 aliphatic heterocycles. The Labute approximate surface area is 143 Å². The first-order valence-electron chi connectivity index (χ1n) is 7.95. The zero-order valence-electron chi connectivity index (χ0n) is 13.1. The van der Waals surface area contributed by atoms with Crippen LogP contribution in [-0.2, 0) is 19.5 Å². The van der Waals surface area contributed by atoms with Crippen LogP contribution in [0.5, 0.6) is 0 Å². The molecule has 1 atom stereocenters. The largest absolute Gasteiger partial charge is 0.284 e. The first-order valence-corrected chi connectivity index (χ1v) is 9.71. The lowest BCUT2D eigenvalue weighted by Gasteiger charge is -2.34. The molecule has 0 fully saturated rings. The number of hydrogen-bond acceptors (Lipinski definition) is 6. The number of rotatable bonds is 5. The number of aryl methyl sites for hydroxylation is 1. The highest BCUT2D eigenvalue weighted by Crippen LogP contribution is 2.39. The van der Waals surface area contributed by atoms with Crippen molar-refractivity contribution in [2.75, 3.05) is 6.54 Å². The van der Waals surface area contributed by atoms with Crippen LogP contribution in [0.25, 0.3) is 0 Å². The first kappa shape index (κ1) is 15.0. The van der Waals surface area contributed by atoms with E-state index in [2.05, 4.69) is 56.3 Å². The molecule has 3 aromatic heterocycles. The Bertz CT molecular complexity index is 761. The number of thiophene rings is 2. The van der Waals surface area contributed by atoms with Gasteiger partial charge in [0.15, 0.2) is 5.82 Å². The maximum Gasteiger partial charge on any atom is 0.165 e. The first-order chi connectivity index (χ1) is 11.4. The monoisotopic (exact) mass is 345 g/mol. The van der Waals surface area contributed by atoms with Gasteiger partial charge in [0, 0.05) is 22.8 Å². The van der Waals surface area contributed by atoms with E-state index in [0.717, 1.165) is 38.3 Å². The van der Waals surface area contributed by atoms with Crippen LogP contribution >= 0.6 is 22.7 Å². The fraction of sp³-hybridized carbons (Fsp3) is 0.438. The van der Waals surface area contributed by atoms with E-state index in [4.69, 9.17) is 0 Å². The van der Waals surface area contributed by atoms with Crippen LogP contribution in [0.15, 0.2) is 29.0 Å². The second-order valence-electron chi connectivity index (χ2n) is 5.76. The van der Waals surface area contributed by atoms with E-state index in [0.29, 0.717) is 6.04 Å². The van der Waals surface area contributed by atoms with Crippen LogP contribution in [0.3, 0.4) is 0 Å². The number of aromatic nitrogens is 4. The Balaban J connectivity index is 1.66.